The molecule has 3 nitrogen and oxygen atoms in total. The lowest BCUT2D eigenvalue weighted by atomic mass is 10.2. The van der Waals surface area contributed by atoms with Crippen LogP contribution in [-0.4, -0.2) is 18.1 Å². The van der Waals surface area contributed by atoms with Gasteiger partial charge in [0.15, 0.2) is 0 Å². The number of nitrogens with one attached hydrogen (secondary N) is 1. The smallest absolute Gasteiger partial charge is 0.307 e. The standard InChI is InChI=1S/C12H19NO2S/c1-12(2,3)15-11(14)6-7-13-9-10-5-4-8-16-10/h4-5,8,13H,6-7,9H2,1-3H3. The van der Waals surface area contributed by atoms with Crippen molar-refractivity contribution in [3.63, 3.8) is 0 Å². The van der Waals surface area contributed by atoms with E-state index in [-0.39, 0.29) is 11.6 Å². The quantitative estimate of drug-likeness (QED) is 0.636. The molecule has 0 aliphatic heterocycles. The number of rotatable bonds is 5. The molecule has 0 unspecified atom stereocenters. The Morgan fingerprint density at radius 3 is 2.81 bits per heavy atom. The van der Waals surface area contributed by atoms with Crippen molar-refractivity contribution in [2.45, 2.75) is 39.3 Å². The van der Waals surface area contributed by atoms with Gasteiger partial charge in [-0.25, -0.2) is 0 Å². The number of thiophene rings is 1. The van der Waals surface area contributed by atoms with E-state index in [0.717, 1.165) is 6.54 Å². The van der Waals surface area contributed by atoms with Gasteiger partial charge in [0, 0.05) is 18.0 Å². The molecule has 16 heavy (non-hydrogen) atoms. The molecule has 0 aromatic carbocycles. The van der Waals surface area contributed by atoms with Crippen LogP contribution in [0.2, 0.25) is 0 Å². The molecule has 0 saturated carbocycles. The second-order valence-corrected chi connectivity index (χ2v) is 5.62. The lowest BCUT2D eigenvalue weighted by Gasteiger charge is -2.19. The van der Waals surface area contributed by atoms with Crippen LogP contribution in [0.1, 0.15) is 32.1 Å². The van der Waals surface area contributed by atoms with E-state index in [4.69, 9.17) is 4.74 Å². The molecule has 1 N–H and O–H groups in total. The maximum absolute atomic E-state index is 11.4. The third-order valence-electron chi connectivity index (χ3n) is 1.81. The first kappa shape index (κ1) is 13.2. The molecule has 1 rings (SSSR count). The fourth-order valence-electron chi connectivity index (χ4n) is 1.21. The predicted molar refractivity (Wildman–Crippen MR) is 66.5 cm³/mol. The Labute approximate surface area is 101 Å². The van der Waals surface area contributed by atoms with Gasteiger partial charge < -0.3 is 10.1 Å². The molecule has 1 aromatic heterocycles. The SMILES string of the molecule is CC(C)(C)OC(=O)CCNCc1cccs1. The van der Waals surface area contributed by atoms with Crippen molar-refractivity contribution >= 4 is 17.3 Å². The topological polar surface area (TPSA) is 38.3 Å². The molecule has 0 aliphatic carbocycles. The maximum atomic E-state index is 11.4. The van der Waals surface area contributed by atoms with Gasteiger partial charge in [-0.1, -0.05) is 6.07 Å². The summed E-state index contributed by atoms with van der Waals surface area (Å²) in [6.07, 6.45) is 0.419. The highest BCUT2D eigenvalue weighted by Crippen LogP contribution is 2.09. The van der Waals surface area contributed by atoms with Crippen LogP contribution < -0.4 is 5.32 Å². The first-order valence-electron chi connectivity index (χ1n) is 5.42. The summed E-state index contributed by atoms with van der Waals surface area (Å²) >= 11 is 1.71. The minimum atomic E-state index is -0.384. The molecule has 0 amide bonds. The largest absolute Gasteiger partial charge is 0.460 e. The van der Waals surface area contributed by atoms with Crippen molar-refractivity contribution in [1.82, 2.24) is 5.32 Å². The Hall–Kier alpha value is -0.870. The molecule has 0 bridgehead atoms. The highest BCUT2D eigenvalue weighted by atomic mass is 32.1. The maximum Gasteiger partial charge on any atom is 0.307 e. The lowest BCUT2D eigenvalue weighted by Crippen LogP contribution is -2.26. The van der Waals surface area contributed by atoms with E-state index in [2.05, 4.69) is 11.4 Å². The Morgan fingerprint density at radius 1 is 1.50 bits per heavy atom. The van der Waals surface area contributed by atoms with Crippen molar-refractivity contribution in [2.24, 2.45) is 0 Å². The van der Waals surface area contributed by atoms with Crippen LogP contribution in [0, 0.1) is 0 Å². The van der Waals surface area contributed by atoms with Crippen molar-refractivity contribution in [3.8, 4) is 0 Å². The van der Waals surface area contributed by atoms with Gasteiger partial charge in [0.05, 0.1) is 6.42 Å². The Balaban J connectivity index is 2.09. The second-order valence-electron chi connectivity index (χ2n) is 4.59. The highest BCUT2D eigenvalue weighted by molar-refractivity contribution is 7.09. The van der Waals surface area contributed by atoms with Gasteiger partial charge in [-0.3, -0.25) is 4.79 Å². The van der Waals surface area contributed by atoms with E-state index in [1.54, 1.807) is 11.3 Å². The molecule has 4 heteroatoms. The fraction of sp³-hybridized carbons (Fsp3) is 0.583. The molecule has 0 saturated heterocycles. The summed E-state index contributed by atoms with van der Waals surface area (Å²) in [6.45, 7) is 7.12. The number of ether oxygens (including phenoxy) is 1. The van der Waals surface area contributed by atoms with E-state index in [0.29, 0.717) is 13.0 Å². The number of hydrogen-bond acceptors (Lipinski definition) is 4. The Morgan fingerprint density at radius 2 is 2.25 bits per heavy atom. The zero-order valence-corrected chi connectivity index (χ0v) is 10.9. The van der Waals surface area contributed by atoms with Crippen LogP contribution in [0.15, 0.2) is 17.5 Å². The summed E-state index contributed by atoms with van der Waals surface area (Å²) in [7, 11) is 0. The summed E-state index contributed by atoms with van der Waals surface area (Å²) in [6, 6.07) is 4.10. The number of carbonyl (C=O) groups excluding carboxylic acids is 1. The minimum absolute atomic E-state index is 0.147. The second kappa shape index (κ2) is 6.01. The zero-order chi connectivity index (χ0) is 12.0. The molecule has 1 heterocycles. The van der Waals surface area contributed by atoms with Gasteiger partial charge >= 0.3 is 5.97 Å². The third kappa shape index (κ3) is 5.88. The molecule has 0 radical (unpaired) electrons. The van der Waals surface area contributed by atoms with Gasteiger partial charge in [0.25, 0.3) is 0 Å². The molecule has 90 valence electrons. The van der Waals surface area contributed by atoms with Crippen LogP contribution in [0.5, 0.6) is 0 Å². The number of esters is 1. The van der Waals surface area contributed by atoms with E-state index in [9.17, 15) is 4.79 Å². The summed E-state index contributed by atoms with van der Waals surface area (Å²) in [5, 5.41) is 5.26. The van der Waals surface area contributed by atoms with Gasteiger partial charge in [-0.2, -0.15) is 0 Å². The normalized spacial score (nSPS) is 11.4. The number of carbonyl (C=O) groups is 1. The fourth-order valence-corrected chi connectivity index (χ4v) is 1.88. The first-order valence-corrected chi connectivity index (χ1v) is 6.30. The zero-order valence-electron chi connectivity index (χ0n) is 10.1. The van der Waals surface area contributed by atoms with Gasteiger partial charge in [0.1, 0.15) is 5.60 Å². The van der Waals surface area contributed by atoms with Crippen LogP contribution >= 0.6 is 11.3 Å². The minimum Gasteiger partial charge on any atom is -0.460 e. The summed E-state index contributed by atoms with van der Waals surface area (Å²) in [4.78, 5) is 12.6. The molecule has 0 fully saturated rings. The molecular formula is C12H19NO2S. The average molecular weight is 241 g/mol. The van der Waals surface area contributed by atoms with Crippen LogP contribution in [-0.2, 0) is 16.1 Å². The molecule has 0 atom stereocenters. The Bertz CT molecular complexity index is 314. The number of hydrogen-bond donors (Lipinski definition) is 1. The van der Waals surface area contributed by atoms with Crippen LogP contribution in [0.25, 0.3) is 0 Å². The first-order chi connectivity index (χ1) is 7.47. The van der Waals surface area contributed by atoms with E-state index in [1.807, 2.05) is 32.2 Å². The van der Waals surface area contributed by atoms with Gasteiger partial charge in [-0.15, -0.1) is 11.3 Å². The van der Waals surface area contributed by atoms with E-state index < -0.39 is 0 Å². The Kier molecular flexibility index (Phi) is 4.96. The third-order valence-corrected chi connectivity index (χ3v) is 2.68. The molecular weight excluding hydrogens is 222 g/mol. The van der Waals surface area contributed by atoms with Crippen LogP contribution in [0.3, 0.4) is 0 Å². The van der Waals surface area contributed by atoms with E-state index in [1.165, 1.54) is 4.88 Å². The molecule has 0 spiro atoms. The molecule has 0 aliphatic rings. The van der Waals surface area contributed by atoms with E-state index >= 15 is 0 Å². The van der Waals surface area contributed by atoms with Crippen molar-refractivity contribution in [2.75, 3.05) is 6.54 Å². The molecule has 1 aromatic rings. The van der Waals surface area contributed by atoms with Gasteiger partial charge in [-0.05, 0) is 32.2 Å². The lowest BCUT2D eigenvalue weighted by molar-refractivity contribution is -0.154. The van der Waals surface area contributed by atoms with Crippen molar-refractivity contribution < 1.29 is 9.53 Å². The summed E-state index contributed by atoms with van der Waals surface area (Å²) in [5.74, 6) is -0.147. The predicted octanol–water partition coefficient (Wildman–Crippen LogP) is 2.57. The summed E-state index contributed by atoms with van der Waals surface area (Å²) in [5.41, 5.74) is -0.384. The van der Waals surface area contributed by atoms with Crippen molar-refractivity contribution in [1.29, 1.82) is 0 Å². The van der Waals surface area contributed by atoms with Gasteiger partial charge in [0.2, 0.25) is 0 Å². The monoisotopic (exact) mass is 241 g/mol. The average Bonchev–Trinajstić information content (AvgIpc) is 2.62. The van der Waals surface area contributed by atoms with Crippen LogP contribution in [0.4, 0.5) is 0 Å². The summed E-state index contributed by atoms with van der Waals surface area (Å²) < 4.78 is 5.20. The highest BCUT2D eigenvalue weighted by Gasteiger charge is 2.15. The van der Waals surface area contributed by atoms with Crippen molar-refractivity contribution in [3.05, 3.63) is 22.4 Å².